The Kier molecular flexibility index (Phi) is 3.58. The van der Waals surface area contributed by atoms with Gasteiger partial charge in [-0.2, -0.15) is 0 Å². The van der Waals surface area contributed by atoms with Crippen LogP contribution >= 0.6 is 0 Å². The molecule has 1 nitrogen and oxygen atoms in total. The number of rotatable bonds is 3. The second-order valence-electron chi connectivity index (χ2n) is 2.25. The molecule has 0 saturated heterocycles. The second kappa shape index (κ2) is 5.08. The van der Waals surface area contributed by atoms with E-state index in [0.29, 0.717) is 0 Å². The zero-order valence-electron chi connectivity index (χ0n) is 6.60. The standard InChI is InChI=1S/C11H9O/c12-10-6-2-5-9-11-7-3-1-4-8-11/h1-9H/b6-2?,9-5-. The van der Waals surface area contributed by atoms with Gasteiger partial charge >= 0.3 is 0 Å². The van der Waals surface area contributed by atoms with E-state index >= 15 is 0 Å². The van der Waals surface area contributed by atoms with Gasteiger partial charge < -0.3 is 0 Å². The Labute approximate surface area is 72.0 Å². The van der Waals surface area contributed by atoms with E-state index in [1.54, 1.807) is 18.4 Å². The highest BCUT2D eigenvalue weighted by Crippen LogP contribution is 2.00. The molecule has 0 bridgehead atoms. The third-order valence-corrected chi connectivity index (χ3v) is 1.36. The van der Waals surface area contributed by atoms with Gasteiger partial charge in [-0.15, -0.1) is 0 Å². The Morgan fingerprint density at radius 1 is 1.08 bits per heavy atom. The molecule has 1 aromatic rings. The fourth-order valence-corrected chi connectivity index (χ4v) is 0.826. The van der Waals surface area contributed by atoms with Gasteiger partial charge in [0.15, 0.2) is 0 Å². The summed E-state index contributed by atoms with van der Waals surface area (Å²) in [7, 11) is 0. The average Bonchev–Trinajstić information content (AvgIpc) is 2.14. The van der Waals surface area contributed by atoms with E-state index in [1.165, 1.54) is 6.08 Å². The summed E-state index contributed by atoms with van der Waals surface area (Å²) in [6.07, 6.45) is 8.39. The molecule has 0 unspecified atom stereocenters. The zero-order valence-corrected chi connectivity index (χ0v) is 6.60. The summed E-state index contributed by atoms with van der Waals surface area (Å²) in [5.41, 5.74) is 1.12. The molecule has 0 heterocycles. The predicted octanol–water partition coefficient (Wildman–Crippen LogP) is 2.37. The summed E-state index contributed by atoms with van der Waals surface area (Å²) >= 11 is 0. The van der Waals surface area contributed by atoms with Crippen molar-refractivity contribution >= 4 is 12.4 Å². The van der Waals surface area contributed by atoms with Crippen LogP contribution in [0.5, 0.6) is 0 Å². The number of hydrogen-bond donors (Lipinski definition) is 0. The number of carbonyl (C=O) groups excluding carboxylic acids is 1. The van der Waals surface area contributed by atoms with Gasteiger partial charge in [0.2, 0.25) is 6.29 Å². The van der Waals surface area contributed by atoms with Gasteiger partial charge in [-0.25, -0.2) is 0 Å². The molecule has 1 aromatic carbocycles. The molecule has 0 spiro atoms. The van der Waals surface area contributed by atoms with Crippen molar-refractivity contribution in [3.63, 3.8) is 0 Å². The van der Waals surface area contributed by atoms with Crippen molar-refractivity contribution in [3.8, 4) is 0 Å². The fraction of sp³-hybridized carbons (Fsp3) is 0. The van der Waals surface area contributed by atoms with Crippen molar-refractivity contribution in [1.29, 1.82) is 0 Å². The molecule has 0 aliphatic rings. The molecule has 0 N–H and O–H groups in total. The Balaban J connectivity index is 2.58. The lowest BCUT2D eigenvalue weighted by molar-refractivity contribution is 0.564. The van der Waals surface area contributed by atoms with E-state index < -0.39 is 0 Å². The van der Waals surface area contributed by atoms with Crippen LogP contribution in [0.3, 0.4) is 0 Å². The van der Waals surface area contributed by atoms with E-state index in [-0.39, 0.29) is 0 Å². The van der Waals surface area contributed by atoms with Crippen LogP contribution in [0.25, 0.3) is 6.08 Å². The third kappa shape index (κ3) is 2.97. The highest BCUT2D eigenvalue weighted by Gasteiger charge is 1.78. The number of hydrogen-bond acceptors (Lipinski definition) is 1. The van der Waals surface area contributed by atoms with Crippen LogP contribution in [-0.4, -0.2) is 6.29 Å². The monoisotopic (exact) mass is 157 g/mol. The maximum Gasteiger partial charge on any atom is 0.225 e. The third-order valence-electron chi connectivity index (χ3n) is 1.36. The van der Waals surface area contributed by atoms with Crippen molar-refractivity contribution in [2.45, 2.75) is 0 Å². The summed E-state index contributed by atoms with van der Waals surface area (Å²) in [6.45, 7) is 0. The maximum absolute atomic E-state index is 9.77. The minimum Gasteiger partial charge on any atom is -0.286 e. The highest BCUT2D eigenvalue weighted by molar-refractivity contribution is 5.67. The topological polar surface area (TPSA) is 17.1 Å². The van der Waals surface area contributed by atoms with Crippen LogP contribution in [0.2, 0.25) is 0 Å². The summed E-state index contributed by atoms with van der Waals surface area (Å²) in [5, 5.41) is 0. The normalized spacial score (nSPS) is 11.0. The van der Waals surface area contributed by atoms with Crippen molar-refractivity contribution < 1.29 is 4.79 Å². The van der Waals surface area contributed by atoms with E-state index in [9.17, 15) is 4.79 Å². The molecular formula is C11H9O. The lowest BCUT2D eigenvalue weighted by Gasteiger charge is -1.87. The Morgan fingerprint density at radius 3 is 2.50 bits per heavy atom. The van der Waals surface area contributed by atoms with Crippen molar-refractivity contribution in [1.82, 2.24) is 0 Å². The SMILES string of the molecule is O=[C]C=C/C=C\c1ccccc1. The van der Waals surface area contributed by atoms with Crippen LogP contribution in [0, 0.1) is 0 Å². The number of benzene rings is 1. The van der Waals surface area contributed by atoms with Crippen LogP contribution in [0.4, 0.5) is 0 Å². The molecule has 1 heteroatoms. The van der Waals surface area contributed by atoms with Gasteiger partial charge in [0, 0.05) is 0 Å². The predicted molar refractivity (Wildman–Crippen MR) is 50.3 cm³/mol. The summed E-state index contributed by atoms with van der Waals surface area (Å²) in [4.78, 5) is 9.77. The molecule has 0 amide bonds. The molecule has 0 saturated carbocycles. The minimum atomic E-state index is 1.12. The molecule has 1 radical (unpaired) electrons. The molecule has 0 aliphatic carbocycles. The van der Waals surface area contributed by atoms with Crippen molar-refractivity contribution in [2.24, 2.45) is 0 Å². The van der Waals surface area contributed by atoms with Crippen LogP contribution in [-0.2, 0) is 4.79 Å². The Bertz CT molecular complexity index is 283. The molecular weight excluding hydrogens is 148 g/mol. The summed E-state index contributed by atoms with van der Waals surface area (Å²) in [5.74, 6) is 0. The van der Waals surface area contributed by atoms with Crippen LogP contribution < -0.4 is 0 Å². The lowest BCUT2D eigenvalue weighted by Crippen LogP contribution is -1.66. The van der Waals surface area contributed by atoms with Gasteiger partial charge in [0.25, 0.3) is 0 Å². The average molecular weight is 157 g/mol. The first kappa shape index (κ1) is 8.47. The first-order valence-electron chi connectivity index (χ1n) is 3.69. The van der Waals surface area contributed by atoms with E-state index in [4.69, 9.17) is 0 Å². The molecule has 0 aliphatic heterocycles. The molecule has 0 aromatic heterocycles. The smallest absolute Gasteiger partial charge is 0.225 e. The quantitative estimate of drug-likeness (QED) is 0.486. The summed E-state index contributed by atoms with van der Waals surface area (Å²) < 4.78 is 0. The first-order valence-corrected chi connectivity index (χ1v) is 3.69. The van der Waals surface area contributed by atoms with E-state index in [1.807, 2.05) is 36.4 Å². The second-order valence-corrected chi connectivity index (χ2v) is 2.25. The van der Waals surface area contributed by atoms with Crippen molar-refractivity contribution in [2.75, 3.05) is 0 Å². The van der Waals surface area contributed by atoms with Gasteiger partial charge in [-0.05, 0) is 11.6 Å². The van der Waals surface area contributed by atoms with Crippen LogP contribution in [0.15, 0.2) is 48.6 Å². The van der Waals surface area contributed by atoms with Gasteiger partial charge in [-0.1, -0.05) is 48.6 Å². The van der Waals surface area contributed by atoms with E-state index in [0.717, 1.165) is 5.56 Å². The molecule has 0 atom stereocenters. The highest BCUT2D eigenvalue weighted by atomic mass is 16.1. The molecule has 59 valence electrons. The Hall–Kier alpha value is -1.63. The van der Waals surface area contributed by atoms with Gasteiger partial charge in [-0.3, -0.25) is 4.79 Å². The lowest BCUT2D eigenvalue weighted by atomic mass is 10.2. The summed E-state index contributed by atoms with van der Waals surface area (Å²) in [6, 6.07) is 9.89. The molecule has 0 fully saturated rings. The zero-order chi connectivity index (χ0) is 8.65. The largest absolute Gasteiger partial charge is 0.286 e. The molecule has 1 rings (SSSR count). The van der Waals surface area contributed by atoms with Gasteiger partial charge in [0.05, 0.1) is 0 Å². The van der Waals surface area contributed by atoms with Crippen LogP contribution in [0.1, 0.15) is 5.56 Å². The fourth-order valence-electron chi connectivity index (χ4n) is 0.826. The van der Waals surface area contributed by atoms with Gasteiger partial charge in [0.1, 0.15) is 0 Å². The minimum absolute atomic E-state index is 1.12. The number of allylic oxidation sites excluding steroid dienone is 3. The van der Waals surface area contributed by atoms with Crippen molar-refractivity contribution in [3.05, 3.63) is 54.1 Å². The first-order chi connectivity index (χ1) is 5.93. The maximum atomic E-state index is 9.77. The molecule has 12 heavy (non-hydrogen) atoms. The Morgan fingerprint density at radius 2 is 1.83 bits per heavy atom. The van der Waals surface area contributed by atoms with E-state index in [2.05, 4.69) is 0 Å².